The Labute approximate surface area is 121 Å². The maximum absolute atomic E-state index is 10.3. The molecule has 1 aliphatic rings. The second-order valence-corrected chi connectivity index (χ2v) is 5.59. The lowest BCUT2D eigenvalue weighted by Gasteiger charge is -2.37. The Balaban J connectivity index is 1.91. The Kier molecular flexibility index (Phi) is 5.40. The summed E-state index contributed by atoms with van der Waals surface area (Å²) >= 11 is 0. The molecular weight excluding hydrogens is 254 g/mol. The van der Waals surface area contributed by atoms with Gasteiger partial charge in [0.1, 0.15) is 5.75 Å². The molecular formula is C16H25NO3. The number of hydrogen-bond acceptors (Lipinski definition) is 4. The standard InChI is InChI=1S/C16H25NO3/c1-12-8-9-17(11-16(12)20-3)10-15(18)13-4-6-14(19-2)7-5-13/h4-7,12,15-16,18H,8-11H2,1-3H3. The fourth-order valence-electron chi connectivity index (χ4n) is 2.75. The van der Waals surface area contributed by atoms with Crippen LogP contribution < -0.4 is 4.74 Å². The number of ether oxygens (including phenoxy) is 2. The second kappa shape index (κ2) is 7.07. The van der Waals surface area contributed by atoms with E-state index in [1.54, 1.807) is 14.2 Å². The van der Waals surface area contributed by atoms with Crippen LogP contribution in [0.4, 0.5) is 0 Å². The molecule has 3 atom stereocenters. The quantitative estimate of drug-likeness (QED) is 0.896. The molecule has 0 radical (unpaired) electrons. The minimum Gasteiger partial charge on any atom is -0.497 e. The first kappa shape index (κ1) is 15.3. The lowest BCUT2D eigenvalue weighted by Crippen LogP contribution is -2.45. The zero-order valence-corrected chi connectivity index (χ0v) is 12.6. The van der Waals surface area contributed by atoms with Gasteiger partial charge in [-0.05, 0) is 36.6 Å². The fraction of sp³-hybridized carbons (Fsp3) is 0.625. The number of piperidine rings is 1. The van der Waals surface area contributed by atoms with Gasteiger partial charge in [0, 0.05) is 20.2 Å². The van der Waals surface area contributed by atoms with E-state index in [9.17, 15) is 5.11 Å². The van der Waals surface area contributed by atoms with Crippen molar-refractivity contribution in [2.75, 3.05) is 33.9 Å². The van der Waals surface area contributed by atoms with Gasteiger partial charge in [-0.15, -0.1) is 0 Å². The molecule has 2 rings (SSSR count). The van der Waals surface area contributed by atoms with Crippen molar-refractivity contribution in [3.05, 3.63) is 29.8 Å². The second-order valence-electron chi connectivity index (χ2n) is 5.59. The number of likely N-dealkylation sites (tertiary alicyclic amines) is 1. The third kappa shape index (κ3) is 3.72. The molecule has 1 aromatic carbocycles. The first-order chi connectivity index (χ1) is 9.63. The van der Waals surface area contributed by atoms with Crippen molar-refractivity contribution < 1.29 is 14.6 Å². The summed E-state index contributed by atoms with van der Waals surface area (Å²) in [6, 6.07) is 7.61. The Morgan fingerprint density at radius 2 is 2.00 bits per heavy atom. The number of aliphatic hydroxyl groups is 1. The van der Waals surface area contributed by atoms with Gasteiger partial charge in [0.15, 0.2) is 0 Å². The molecule has 1 saturated heterocycles. The van der Waals surface area contributed by atoms with E-state index in [0.29, 0.717) is 12.5 Å². The maximum Gasteiger partial charge on any atom is 0.118 e. The zero-order valence-electron chi connectivity index (χ0n) is 12.6. The van der Waals surface area contributed by atoms with Crippen molar-refractivity contribution in [1.29, 1.82) is 0 Å². The smallest absolute Gasteiger partial charge is 0.118 e. The third-order valence-corrected chi connectivity index (χ3v) is 4.21. The van der Waals surface area contributed by atoms with Gasteiger partial charge in [-0.25, -0.2) is 0 Å². The van der Waals surface area contributed by atoms with Crippen LogP contribution in [-0.2, 0) is 4.74 Å². The molecule has 4 heteroatoms. The summed E-state index contributed by atoms with van der Waals surface area (Å²) in [5.41, 5.74) is 0.929. The van der Waals surface area contributed by atoms with E-state index < -0.39 is 6.10 Å². The third-order valence-electron chi connectivity index (χ3n) is 4.21. The summed E-state index contributed by atoms with van der Waals surface area (Å²) < 4.78 is 10.6. The van der Waals surface area contributed by atoms with E-state index in [4.69, 9.17) is 9.47 Å². The predicted molar refractivity (Wildman–Crippen MR) is 79.0 cm³/mol. The highest BCUT2D eigenvalue weighted by atomic mass is 16.5. The molecule has 0 saturated carbocycles. The van der Waals surface area contributed by atoms with Crippen LogP contribution >= 0.6 is 0 Å². The number of aliphatic hydroxyl groups excluding tert-OH is 1. The highest BCUT2D eigenvalue weighted by Crippen LogP contribution is 2.23. The number of nitrogens with zero attached hydrogens (tertiary/aromatic N) is 1. The monoisotopic (exact) mass is 279 g/mol. The Morgan fingerprint density at radius 1 is 1.30 bits per heavy atom. The first-order valence-electron chi connectivity index (χ1n) is 7.21. The molecule has 1 N–H and O–H groups in total. The SMILES string of the molecule is COc1ccc(C(O)CN2CCC(C)C(OC)C2)cc1. The van der Waals surface area contributed by atoms with Crippen LogP contribution in [0.5, 0.6) is 5.75 Å². The average molecular weight is 279 g/mol. The van der Waals surface area contributed by atoms with E-state index in [1.807, 2.05) is 24.3 Å². The molecule has 1 aromatic rings. The van der Waals surface area contributed by atoms with Gasteiger partial charge >= 0.3 is 0 Å². The lowest BCUT2D eigenvalue weighted by atomic mass is 9.95. The first-order valence-corrected chi connectivity index (χ1v) is 7.21. The summed E-state index contributed by atoms with van der Waals surface area (Å²) in [7, 11) is 3.41. The Bertz CT molecular complexity index is 407. The molecule has 0 bridgehead atoms. The zero-order chi connectivity index (χ0) is 14.5. The van der Waals surface area contributed by atoms with Crippen LogP contribution in [0, 0.1) is 5.92 Å². The van der Waals surface area contributed by atoms with Crippen LogP contribution in [0.15, 0.2) is 24.3 Å². The van der Waals surface area contributed by atoms with Crippen LogP contribution in [0.25, 0.3) is 0 Å². The molecule has 1 aliphatic heterocycles. The number of methoxy groups -OCH3 is 2. The highest BCUT2D eigenvalue weighted by Gasteiger charge is 2.27. The number of hydrogen-bond donors (Lipinski definition) is 1. The number of benzene rings is 1. The Hall–Kier alpha value is -1.10. The van der Waals surface area contributed by atoms with Crippen molar-refractivity contribution in [2.24, 2.45) is 5.92 Å². The van der Waals surface area contributed by atoms with Gasteiger partial charge in [0.2, 0.25) is 0 Å². The molecule has 1 heterocycles. The summed E-state index contributed by atoms with van der Waals surface area (Å²) in [6.45, 7) is 4.80. The maximum atomic E-state index is 10.3. The molecule has 1 fully saturated rings. The van der Waals surface area contributed by atoms with Crippen LogP contribution in [-0.4, -0.2) is 50.0 Å². The summed E-state index contributed by atoms with van der Waals surface area (Å²) in [5.74, 6) is 1.40. The molecule has 0 spiro atoms. The normalized spacial score (nSPS) is 25.4. The van der Waals surface area contributed by atoms with Gasteiger partial charge in [-0.3, -0.25) is 4.90 Å². The van der Waals surface area contributed by atoms with Gasteiger partial charge in [0.25, 0.3) is 0 Å². The van der Waals surface area contributed by atoms with Crippen molar-refractivity contribution >= 4 is 0 Å². The predicted octanol–water partition coefficient (Wildman–Crippen LogP) is 2.09. The van der Waals surface area contributed by atoms with Crippen LogP contribution in [0.1, 0.15) is 25.0 Å². The van der Waals surface area contributed by atoms with E-state index in [1.165, 1.54) is 0 Å². The van der Waals surface area contributed by atoms with Gasteiger partial charge in [-0.2, -0.15) is 0 Å². The van der Waals surface area contributed by atoms with Crippen molar-refractivity contribution in [3.63, 3.8) is 0 Å². The highest BCUT2D eigenvalue weighted by molar-refractivity contribution is 5.28. The van der Waals surface area contributed by atoms with Gasteiger partial charge < -0.3 is 14.6 Å². The molecule has 0 aromatic heterocycles. The molecule has 0 amide bonds. The largest absolute Gasteiger partial charge is 0.497 e. The molecule has 3 unspecified atom stereocenters. The fourth-order valence-corrected chi connectivity index (χ4v) is 2.75. The van der Waals surface area contributed by atoms with Gasteiger partial charge in [0.05, 0.1) is 19.3 Å². The van der Waals surface area contributed by atoms with Crippen LogP contribution in [0.2, 0.25) is 0 Å². The number of rotatable bonds is 5. The van der Waals surface area contributed by atoms with Crippen molar-refractivity contribution in [3.8, 4) is 5.75 Å². The Morgan fingerprint density at radius 3 is 2.60 bits per heavy atom. The van der Waals surface area contributed by atoms with E-state index in [2.05, 4.69) is 11.8 Å². The van der Waals surface area contributed by atoms with Gasteiger partial charge in [-0.1, -0.05) is 19.1 Å². The van der Waals surface area contributed by atoms with Crippen molar-refractivity contribution in [2.45, 2.75) is 25.6 Å². The molecule has 20 heavy (non-hydrogen) atoms. The molecule has 0 aliphatic carbocycles. The van der Waals surface area contributed by atoms with E-state index in [0.717, 1.165) is 30.8 Å². The topological polar surface area (TPSA) is 41.9 Å². The molecule has 112 valence electrons. The van der Waals surface area contributed by atoms with E-state index >= 15 is 0 Å². The summed E-state index contributed by atoms with van der Waals surface area (Å²) in [4.78, 5) is 2.28. The summed E-state index contributed by atoms with van der Waals surface area (Å²) in [6.07, 6.45) is 0.923. The van der Waals surface area contributed by atoms with Crippen molar-refractivity contribution in [1.82, 2.24) is 4.90 Å². The number of β-amino-alcohol motifs (C(OH)–C–C–N with tert-alkyl or cyclic N) is 1. The van der Waals surface area contributed by atoms with E-state index in [-0.39, 0.29) is 6.10 Å². The average Bonchev–Trinajstić information content (AvgIpc) is 2.49. The molecule has 4 nitrogen and oxygen atoms in total. The minimum absolute atomic E-state index is 0.270. The summed E-state index contributed by atoms with van der Waals surface area (Å²) in [5, 5.41) is 10.3. The lowest BCUT2D eigenvalue weighted by molar-refractivity contribution is -0.0180. The van der Waals surface area contributed by atoms with Crippen LogP contribution in [0.3, 0.4) is 0 Å². The minimum atomic E-state index is -0.466.